The first-order valence-corrected chi connectivity index (χ1v) is 6.96. The first kappa shape index (κ1) is 13.2. The summed E-state index contributed by atoms with van der Waals surface area (Å²) < 4.78 is 7.90. The lowest BCUT2D eigenvalue weighted by Crippen LogP contribution is -2.08. The largest absolute Gasteiger partial charge is 0.367 e. The number of halogens is 1. The summed E-state index contributed by atoms with van der Waals surface area (Å²) in [7, 11) is 0. The van der Waals surface area contributed by atoms with Crippen molar-refractivity contribution < 1.29 is 4.74 Å². The molecule has 20 heavy (non-hydrogen) atoms. The summed E-state index contributed by atoms with van der Waals surface area (Å²) in [5, 5.41) is 0.681. The normalized spacial score (nSPS) is 12.7. The highest BCUT2D eigenvalue weighted by Gasteiger charge is 2.18. The summed E-state index contributed by atoms with van der Waals surface area (Å²) in [6.45, 7) is 2.62. The van der Waals surface area contributed by atoms with Crippen LogP contribution in [0.1, 0.15) is 24.3 Å². The molecule has 3 nitrogen and oxygen atoms in total. The van der Waals surface area contributed by atoms with E-state index in [2.05, 4.69) is 17.1 Å². The zero-order valence-corrected chi connectivity index (χ0v) is 11.9. The van der Waals surface area contributed by atoms with Crippen LogP contribution in [0.15, 0.2) is 54.9 Å². The van der Waals surface area contributed by atoms with Crippen molar-refractivity contribution >= 4 is 17.2 Å². The van der Waals surface area contributed by atoms with Crippen LogP contribution in [0.5, 0.6) is 0 Å². The van der Waals surface area contributed by atoms with Gasteiger partial charge in [0, 0.05) is 12.8 Å². The molecular formula is C16H15ClN2O. The van der Waals surface area contributed by atoms with Gasteiger partial charge in [0.15, 0.2) is 0 Å². The summed E-state index contributed by atoms with van der Waals surface area (Å²) in [6, 6.07) is 13.9. The summed E-state index contributed by atoms with van der Waals surface area (Å²) in [5.74, 6) is 0. The fourth-order valence-electron chi connectivity index (χ4n) is 2.31. The Bertz CT molecular complexity index is 709. The van der Waals surface area contributed by atoms with Crippen LogP contribution in [-0.2, 0) is 4.74 Å². The predicted molar refractivity (Wildman–Crippen MR) is 80.1 cm³/mol. The number of benzene rings is 1. The average Bonchev–Trinajstić information content (AvgIpc) is 2.88. The molecule has 2 aromatic heterocycles. The Morgan fingerprint density at radius 2 is 2.00 bits per heavy atom. The van der Waals surface area contributed by atoms with Crippen molar-refractivity contribution in [3.63, 3.8) is 0 Å². The lowest BCUT2D eigenvalue weighted by molar-refractivity contribution is 0.0878. The van der Waals surface area contributed by atoms with E-state index >= 15 is 0 Å². The van der Waals surface area contributed by atoms with Crippen LogP contribution in [0.2, 0.25) is 5.02 Å². The number of pyridine rings is 1. The van der Waals surface area contributed by atoms with Gasteiger partial charge in [-0.2, -0.15) is 0 Å². The molecule has 0 saturated heterocycles. The monoisotopic (exact) mass is 286 g/mol. The Balaban J connectivity index is 2.12. The Labute approximate surface area is 122 Å². The van der Waals surface area contributed by atoms with Gasteiger partial charge in [0.1, 0.15) is 11.8 Å². The summed E-state index contributed by atoms with van der Waals surface area (Å²) in [6.07, 6.45) is 3.57. The molecule has 102 valence electrons. The Hall–Kier alpha value is -1.84. The van der Waals surface area contributed by atoms with Gasteiger partial charge in [0.2, 0.25) is 0 Å². The standard InChI is InChI=1S/C16H15ClN2O/c1-2-20-16(12-6-4-3-5-7-12)14-10-18-15-9-8-13(17)11-19(14)15/h3-11,16H,2H2,1H3. The minimum atomic E-state index is -0.144. The van der Waals surface area contributed by atoms with E-state index in [1.807, 2.05) is 54.0 Å². The minimum absolute atomic E-state index is 0.144. The van der Waals surface area contributed by atoms with E-state index in [1.165, 1.54) is 0 Å². The van der Waals surface area contributed by atoms with Gasteiger partial charge in [0.05, 0.1) is 16.9 Å². The predicted octanol–water partition coefficient (Wildman–Crippen LogP) is 4.11. The maximum atomic E-state index is 6.09. The van der Waals surface area contributed by atoms with E-state index in [0.29, 0.717) is 11.6 Å². The van der Waals surface area contributed by atoms with E-state index < -0.39 is 0 Å². The molecule has 4 heteroatoms. The average molecular weight is 287 g/mol. The van der Waals surface area contributed by atoms with Crippen molar-refractivity contribution in [3.05, 3.63) is 71.1 Å². The quantitative estimate of drug-likeness (QED) is 0.721. The first-order chi connectivity index (χ1) is 9.79. The maximum Gasteiger partial charge on any atom is 0.137 e. The first-order valence-electron chi connectivity index (χ1n) is 6.58. The van der Waals surface area contributed by atoms with Crippen molar-refractivity contribution in [1.82, 2.24) is 9.38 Å². The Kier molecular flexibility index (Phi) is 3.72. The van der Waals surface area contributed by atoms with Crippen molar-refractivity contribution in [2.75, 3.05) is 6.61 Å². The van der Waals surface area contributed by atoms with Crippen molar-refractivity contribution in [2.45, 2.75) is 13.0 Å². The van der Waals surface area contributed by atoms with Gasteiger partial charge in [-0.15, -0.1) is 0 Å². The van der Waals surface area contributed by atoms with Gasteiger partial charge in [0.25, 0.3) is 0 Å². The van der Waals surface area contributed by atoms with Gasteiger partial charge in [-0.3, -0.25) is 4.40 Å². The third-order valence-corrected chi connectivity index (χ3v) is 3.43. The molecule has 0 aliphatic heterocycles. The second-order valence-corrected chi connectivity index (χ2v) is 4.94. The molecule has 1 aromatic carbocycles. The summed E-state index contributed by atoms with van der Waals surface area (Å²) in [5.41, 5.74) is 2.96. The fraction of sp³-hybridized carbons (Fsp3) is 0.188. The number of ether oxygens (including phenoxy) is 1. The summed E-state index contributed by atoms with van der Waals surface area (Å²) in [4.78, 5) is 4.41. The van der Waals surface area contributed by atoms with E-state index in [4.69, 9.17) is 16.3 Å². The van der Waals surface area contributed by atoms with Gasteiger partial charge in [-0.25, -0.2) is 4.98 Å². The molecule has 0 saturated carbocycles. The van der Waals surface area contributed by atoms with E-state index in [-0.39, 0.29) is 6.10 Å². The third-order valence-electron chi connectivity index (χ3n) is 3.20. The molecule has 3 aromatic rings. The number of hydrogen-bond acceptors (Lipinski definition) is 2. The Morgan fingerprint density at radius 3 is 2.75 bits per heavy atom. The van der Waals surface area contributed by atoms with Gasteiger partial charge >= 0.3 is 0 Å². The molecule has 0 amide bonds. The third kappa shape index (κ3) is 2.42. The zero-order valence-electron chi connectivity index (χ0n) is 11.2. The number of rotatable bonds is 4. The molecule has 3 rings (SSSR count). The second-order valence-electron chi connectivity index (χ2n) is 4.50. The molecule has 1 atom stereocenters. The highest BCUT2D eigenvalue weighted by molar-refractivity contribution is 6.30. The van der Waals surface area contributed by atoms with E-state index in [9.17, 15) is 0 Å². The van der Waals surface area contributed by atoms with Gasteiger partial charge in [-0.05, 0) is 24.6 Å². The lowest BCUT2D eigenvalue weighted by atomic mass is 10.1. The van der Waals surface area contributed by atoms with Crippen molar-refractivity contribution in [2.24, 2.45) is 0 Å². The number of hydrogen-bond donors (Lipinski definition) is 0. The van der Waals surface area contributed by atoms with Gasteiger partial charge in [-0.1, -0.05) is 41.9 Å². The SMILES string of the molecule is CCOC(c1ccccc1)c1cnc2ccc(Cl)cn12. The van der Waals surface area contributed by atoms with Crippen LogP contribution in [0.4, 0.5) is 0 Å². The van der Waals surface area contributed by atoms with E-state index in [0.717, 1.165) is 16.9 Å². The number of imidazole rings is 1. The number of nitrogens with zero attached hydrogens (tertiary/aromatic N) is 2. The van der Waals surface area contributed by atoms with Crippen LogP contribution in [0.3, 0.4) is 0 Å². The van der Waals surface area contributed by atoms with Crippen LogP contribution >= 0.6 is 11.6 Å². The highest BCUT2D eigenvalue weighted by Crippen LogP contribution is 2.27. The molecule has 0 spiro atoms. The second kappa shape index (κ2) is 5.65. The smallest absolute Gasteiger partial charge is 0.137 e. The Morgan fingerprint density at radius 1 is 1.20 bits per heavy atom. The molecule has 0 N–H and O–H groups in total. The van der Waals surface area contributed by atoms with Gasteiger partial charge < -0.3 is 4.74 Å². The molecule has 0 aliphatic rings. The van der Waals surface area contributed by atoms with Crippen LogP contribution < -0.4 is 0 Å². The lowest BCUT2D eigenvalue weighted by Gasteiger charge is -2.17. The fourth-order valence-corrected chi connectivity index (χ4v) is 2.47. The number of fused-ring (bicyclic) bond motifs is 1. The van der Waals surface area contributed by atoms with Crippen molar-refractivity contribution in [3.8, 4) is 0 Å². The molecule has 0 bridgehead atoms. The molecule has 1 unspecified atom stereocenters. The van der Waals surface area contributed by atoms with Crippen LogP contribution in [0, 0.1) is 0 Å². The van der Waals surface area contributed by atoms with E-state index in [1.54, 1.807) is 0 Å². The summed E-state index contributed by atoms with van der Waals surface area (Å²) >= 11 is 6.09. The maximum absolute atomic E-state index is 6.09. The minimum Gasteiger partial charge on any atom is -0.367 e. The zero-order chi connectivity index (χ0) is 13.9. The highest BCUT2D eigenvalue weighted by atomic mass is 35.5. The molecule has 0 aliphatic carbocycles. The molecule has 0 fully saturated rings. The van der Waals surface area contributed by atoms with Crippen LogP contribution in [0.25, 0.3) is 5.65 Å². The molecular weight excluding hydrogens is 272 g/mol. The van der Waals surface area contributed by atoms with Crippen molar-refractivity contribution in [1.29, 1.82) is 0 Å². The molecule has 2 heterocycles. The molecule has 0 radical (unpaired) electrons. The van der Waals surface area contributed by atoms with Crippen LogP contribution in [-0.4, -0.2) is 16.0 Å². The topological polar surface area (TPSA) is 26.5 Å². The number of aromatic nitrogens is 2.